The number of rotatable bonds is 5. The van der Waals surface area contributed by atoms with Crippen LogP contribution in [0, 0.1) is 0 Å². The van der Waals surface area contributed by atoms with Gasteiger partial charge in [-0.3, -0.25) is 4.79 Å². The van der Waals surface area contributed by atoms with Crippen molar-refractivity contribution in [1.29, 1.82) is 0 Å². The molecule has 1 aromatic carbocycles. The van der Waals surface area contributed by atoms with E-state index in [0.717, 1.165) is 10.6 Å². The molecule has 0 unspecified atom stereocenters. The van der Waals surface area contributed by atoms with Gasteiger partial charge in [-0.15, -0.1) is 6.58 Å². The largest absolute Gasteiger partial charge is 0.443 e. The number of hydrogen-bond acceptors (Lipinski definition) is 5. The Morgan fingerprint density at radius 1 is 1.32 bits per heavy atom. The SMILES string of the molecule is C=CC[C@]1(N(NC(=O)OCc2ccccc2)C(=O)OC(C)(C)C)CCNC1=O. The summed E-state index contributed by atoms with van der Waals surface area (Å²) in [6.45, 7) is 9.16. The van der Waals surface area contributed by atoms with Gasteiger partial charge >= 0.3 is 12.2 Å². The maximum absolute atomic E-state index is 12.8. The van der Waals surface area contributed by atoms with Crippen molar-refractivity contribution in [3.8, 4) is 0 Å². The molecule has 152 valence electrons. The van der Waals surface area contributed by atoms with E-state index in [1.165, 1.54) is 6.08 Å². The first-order valence-electron chi connectivity index (χ1n) is 9.08. The van der Waals surface area contributed by atoms with Crippen LogP contribution in [-0.4, -0.2) is 40.8 Å². The Morgan fingerprint density at radius 3 is 2.54 bits per heavy atom. The lowest BCUT2D eigenvalue weighted by Gasteiger charge is -2.38. The van der Waals surface area contributed by atoms with Gasteiger partial charge in [-0.1, -0.05) is 36.4 Å². The van der Waals surface area contributed by atoms with E-state index < -0.39 is 23.3 Å². The smallest absolute Gasteiger partial charge is 0.430 e. The summed E-state index contributed by atoms with van der Waals surface area (Å²) in [5.74, 6) is -0.387. The Kier molecular flexibility index (Phi) is 6.66. The zero-order valence-corrected chi connectivity index (χ0v) is 16.5. The van der Waals surface area contributed by atoms with Crippen molar-refractivity contribution in [1.82, 2.24) is 15.8 Å². The summed E-state index contributed by atoms with van der Waals surface area (Å²) in [6, 6.07) is 9.12. The van der Waals surface area contributed by atoms with Crippen molar-refractivity contribution in [2.75, 3.05) is 6.54 Å². The highest BCUT2D eigenvalue weighted by Gasteiger charge is 2.51. The Labute approximate surface area is 164 Å². The van der Waals surface area contributed by atoms with E-state index in [-0.39, 0.29) is 18.9 Å². The normalized spacial score (nSPS) is 18.8. The average molecular weight is 389 g/mol. The standard InChI is InChI=1S/C20H27N3O5/c1-5-11-20(12-13-21-16(20)24)23(18(26)28-19(2,3)4)22-17(25)27-14-15-9-7-6-8-10-15/h5-10H,1,11-14H2,2-4H3,(H,21,24)(H,22,25)/t20-/m0/s1. The Balaban J connectivity index is 2.20. The molecular formula is C20H27N3O5. The van der Waals surface area contributed by atoms with Crippen molar-refractivity contribution in [2.24, 2.45) is 0 Å². The van der Waals surface area contributed by atoms with Crippen LogP contribution in [0.15, 0.2) is 43.0 Å². The lowest BCUT2D eigenvalue weighted by atomic mass is 9.92. The molecular weight excluding hydrogens is 362 g/mol. The fraction of sp³-hybridized carbons (Fsp3) is 0.450. The minimum atomic E-state index is -1.32. The molecule has 28 heavy (non-hydrogen) atoms. The second kappa shape index (κ2) is 8.77. The summed E-state index contributed by atoms with van der Waals surface area (Å²) in [4.78, 5) is 37.7. The van der Waals surface area contributed by atoms with Crippen LogP contribution in [0.1, 0.15) is 39.2 Å². The highest BCUT2D eigenvalue weighted by atomic mass is 16.6. The third kappa shape index (κ3) is 5.25. The number of ether oxygens (including phenoxy) is 2. The van der Waals surface area contributed by atoms with Gasteiger partial charge in [-0.05, 0) is 39.2 Å². The number of carbonyl (C=O) groups excluding carboxylic acids is 3. The summed E-state index contributed by atoms with van der Waals surface area (Å²) in [5, 5.41) is 3.62. The third-order valence-corrected chi connectivity index (χ3v) is 4.15. The number of nitrogens with one attached hydrogen (secondary N) is 2. The molecule has 1 aliphatic rings. The Morgan fingerprint density at radius 2 is 2.00 bits per heavy atom. The molecule has 0 bridgehead atoms. The molecule has 1 saturated heterocycles. The summed E-state index contributed by atoms with van der Waals surface area (Å²) in [6.07, 6.45) is 0.271. The van der Waals surface area contributed by atoms with E-state index in [1.54, 1.807) is 20.8 Å². The number of carbonyl (C=O) groups is 3. The molecule has 1 aromatic rings. The van der Waals surface area contributed by atoms with Crippen molar-refractivity contribution in [2.45, 2.75) is 51.4 Å². The topological polar surface area (TPSA) is 97.0 Å². The molecule has 1 aliphatic heterocycles. The van der Waals surface area contributed by atoms with Crippen molar-refractivity contribution < 1.29 is 23.9 Å². The number of hydrogen-bond donors (Lipinski definition) is 2. The fourth-order valence-electron chi connectivity index (χ4n) is 2.88. The van der Waals surface area contributed by atoms with Gasteiger partial charge in [-0.25, -0.2) is 15.0 Å². The van der Waals surface area contributed by atoms with Gasteiger partial charge in [0.05, 0.1) is 0 Å². The first-order chi connectivity index (χ1) is 13.2. The van der Waals surface area contributed by atoms with Gasteiger partial charge in [0.1, 0.15) is 12.2 Å². The molecule has 0 radical (unpaired) electrons. The van der Waals surface area contributed by atoms with Crippen LogP contribution in [0.4, 0.5) is 9.59 Å². The summed E-state index contributed by atoms with van der Waals surface area (Å²) in [7, 11) is 0. The van der Waals surface area contributed by atoms with Crippen LogP contribution in [0.25, 0.3) is 0 Å². The fourth-order valence-corrected chi connectivity index (χ4v) is 2.88. The average Bonchev–Trinajstić information content (AvgIpc) is 2.98. The molecule has 1 atom stereocenters. The first kappa shape index (κ1) is 21.3. The maximum atomic E-state index is 12.8. The van der Waals surface area contributed by atoms with Crippen LogP contribution >= 0.6 is 0 Å². The predicted molar refractivity (Wildman–Crippen MR) is 103 cm³/mol. The van der Waals surface area contributed by atoms with Gasteiger partial charge in [-0.2, -0.15) is 5.01 Å². The number of nitrogens with zero attached hydrogens (tertiary/aromatic N) is 1. The second-order valence-corrected chi connectivity index (χ2v) is 7.52. The first-order valence-corrected chi connectivity index (χ1v) is 9.08. The van der Waals surface area contributed by atoms with Gasteiger partial charge in [0.2, 0.25) is 5.91 Å². The van der Waals surface area contributed by atoms with Gasteiger partial charge in [0.25, 0.3) is 0 Å². The lowest BCUT2D eigenvalue weighted by molar-refractivity contribution is -0.131. The van der Waals surface area contributed by atoms with Crippen molar-refractivity contribution in [3.05, 3.63) is 48.6 Å². The lowest BCUT2D eigenvalue weighted by Crippen LogP contribution is -2.63. The van der Waals surface area contributed by atoms with E-state index in [9.17, 15) is 14.4 Å². The third-order valence-electron chi connectivity index (χ3n) is 4.15. The number of amides is 3. The van der Waals surface area contributed by atoms with E-state index in [4.69, 9.17) is 9.47 Å². The zero-order valence-electron chi connectivity index (χ0n) is 16.5. The Hall–Kier alpha value is -3.03. The predicted octanol–water partition coefficient (Wildman–Crippen LogP) is 2.90. The molecule has 3 amide bonds. The summed E-state index contributed by atoms with van der Waals surface area (Å²) < 4.78 is 10.6. The molecule has 0 aromatic heterocycles. The molecule has 0 saturated carbocycles. The van der Waals surface area contributed by atoms with Gasteiger partial charge < -0.3 is 14.8 Å². The van der Waals surface area contributed by atoms with E-state index >= 15 is 0 Å². The number of benzene rings is 1. The van der Waals surface area contributed by atoms with Crippen molar-refractivity contribution in [3.63, 3.8) is 0 Å². The van der Waals surface area contributed by atoms with E-state index in [2.05, 4.69) is 17.3 Å². The monoisotopic (exact) mass is 389 g/mol. The van der Waals surface area contributed by atoms with Crippen LogP contribution < -0.4 is 10.7 Å². The van der Waals surface area contributed by atoms with Crippen LogP contribution in [-0.2, 0) is 20.9 Å². The number of hydrazine groups is 1. The molecule has 8 nitrogen and oxygen atoms in total. The highest BCUT2D eigenvalue weighted by Crippen LogP contribution is 2.29. The minimum absolute atomic E-state index is 0.0233. The van der Waals surface area contributed by atoms with Crippen LogP contribution in [0.3, 0.4) is 0 Å². The highest BCUT2D eigenvalue weighted by molar-refractivity contribution is 5.92. The zero-order chi connectivity index (χ0) is 20.8. The molecule has 0 spiro atoms. The maximum Gasteiger partial charge on any atom is 0.430 e. The molecule has 2 rings (SSSR count). The van der Waals surface area contributed by atoms with Crippen LogP contribution in [0.5, 0.6) is 0 Å². The van der Waals surface area contributed by atoms with E-state index in [1.807, 2.05) is 30.3 Å². The van der Waals surface area contributed by atoms with Crippen molar-refractivity contribution >= 4 is 18.1 Å². The molecule has 1 heterocycles. The minimum Gasteiger partial charge on any atom is -0.443 e. The molecule has 8 heteroatoms. The molecule has 0 aliphatic carbocycles. The Bertz CT molecular complexity index is 729. The summed E-state index contributed by atoms with van der Waals surface area (Å²) in [5.41, 5.74) is 1.06. The van der Waals surface area contributed by atoms with Crippen LogP contribution in [0.2, 0.25) is 0 Å². The van der Waals surface area contributed by atoms with Gasteiger partial charge in [0, 0.05) is 6.54 Å². The quantitative estimate of drug-likeness (QED) is 0.596. The molecule has 1 fully saturated rings. The molecule has 2 N–H and O–H groups in total. The second-order valence-electron chi connectivity index (χ2n) is 7.52. The van der Waals surface area contributed by atoms with Gasteiger partial charge in [0.15, 0.2) is 5.54 Å². The summed E-state index contributed by atoms with van der Waals surface area (Å²) >= 11 is 0. The van der Waals surface area contributed by atoms with E-state index in [0.29, 0.717) is 13.0 Å².